The molecule has 0 saturated carbocycles. The first-order chi connectivity index (χ1) is 7.09. The van der Waals surface area contributed by atoms with Gasteiger partial charge in [-0.2, -0.15) is 0 Å². The maximum atomic E-state index is 11.5. The van der Waals surface area contributed by atoms with Crippen molar-refractivity contribution < 1.29 is 9.59 Å². The van der Waals surface area contributed by atoms with Gasteiger partial charge in [0.15, 0.2) is 0 Å². The summed E-state index contributed by atoms with van der Waals surface area (Å²) in [4.78, 5) is 26.7. The van der Waals surface area contributed by atoms with Crippen molar-refractivity contribution in [2.24, 2.45) is 5.92 Å². The van der Waals surface area contributed by atoms with Crippen LogP contribution in [0.5, 0.6) is 0 Å². The summed E-state index contributed by atoms with van der Waals surface area (Å²) in [6.07, 6.45) is 3.62. The number of carbonyl (C=O) groups excluding carboxylic acids is 2. The maximum absolute atomic E-state index is 11.5. The van der Waals surface area contributed by atoms with Crippen LogP contribution in [0.3, 0.4) is 0 Å². The Bertz CT molecular complexity index is 307. The Hall–Kier alpha value is -1.16. The van der Waals surface area contributed by atoms with Crippen molar-refractivity contribution in [3.63, 3.8) is 0 Å². The van der Waals surface area contributed by atoms with Gasteiger partial charge in [-0.05, 0) is 25.9 Å². The minimum Gasteiger partial charge on any atom is -0.306 e. The Morgan fingerprint density at radius 1 is 1.27 bits per heavy atom. The van der Waals surface area contributed by atoms with Crippen LogP contribution in [0.25, 0.3) is 0 Å². The van der Waals surface area contributed by atoms with Gasteiger partial charge in [0, 0.05) is 24.7 Å². The summed E-state index contributed by atoms with van der Waals surface area (Å²) in [6, 6.07) is 0.0798. The van der Waals surface area contributed by atoms with Crippen molar-refractivity contribution >= 4 is 11.8 Å². The average Bonchev–Trinajstić information content (AvgIpc) is 2.48. The van der Waals surface area contributed by atoms with E-state index in [1.54, 1.807) is 0 Å². The highest BCUT2D eigenvalue weighted by Crippen LogP contribution is 2.23. The second-order valence-electron chi connectivity index (χ2n) is 4.48. The lowest BCUT2D eigenvalue weighted by Gasteiger charge is -2.38. The number of imide groups is 1. The van der Waals surface area contributed by atoms with E-state index >= 15 is 0 Å². The number of amides is 2. The highest BCUT2D eigenvalue weighted by molar-refractivity contribution is 6.13. The van der Waals surface area contributed by atoms with Gasteiger partial charge in [-0.3, -0.25) is 14.5 Å². The fourth-order valence-corrected chi connectivity index (χ4v) is 2.46. The van der Waals surface area contributed by atoms with Crippen LogP contribution >= 0.6 is 0 Å². The zero-order valence-corrected chi connectivity index (χ0v) is 9.14. The molecule has 82 valence electrons. The third-order valence-corrected chi connectivity index (χ3v) is 3.24. The highest BCUT2D eigenvalue weighted by atomic mass is 16.2. The summed E-state index contributed by atoms with van der Waals surface area (Å²) in [6.45, 7) is 3.99. The minimum atomic E-state index is -0.151. The van der Waals surface area contributed by atoms with E-state index in [0.717, 1.165) is 19.5 Å². The number of hydrogen-bond acceptors (Lipinski definition) is 3. The lowest BCUT2D eigenvalue weighted by Crippen LogP contribution is -2.51. The van der Waals surface area contributed by atoms with Gasteiger partial charge in [-0.1, -0.05) is 6.92 Å². The molecule has 2 rings (SSSR count). The van der Waals surface area contributed by atoms with E-state index < -0.39 is 0 Å². The molecule has 1 saturated heterocycles. The summed E-state index contributed by atoms with van der Waals surface area (Å²) in [7, 11) is 2.07. The molecule has 0 bridgehead atoms. The van der Waals surface area contributed by atoms with Gasteiger partial charge in [0.1, 0.15) is 0 Å². The largest absolute Gasteiger partial charge is 0.306 e. The molecular formula is C11H16N2O2. The summed E-state index contributed by atoms with van der Waals surface area (Å²) in [5.41, 5.74) is 0. The van der Waals surface area contributed by atoms with E-state index in [9.17, 15) is 9.59 Å². The van der Waals surface area contributed by atoms with Crippen LogP contribution in [0.1, 0.15) is 13.3 Å². The van der Waals surface area contributed by atoms with Crippen LogP contribution in [0.2, 0.25) is 0 Å². The van der Waals surface area contributed by atoms with Crippen molar-refractivity contribution in [2.75, 3.05) is 20.1 Å². The maximum Gasteiger partial charge on any atom is 0.253 e. The molecule has 0 aromatic rings. The zero-order valence-electron chi connectivity index (χ0n) is 9.14. The summed E-state index contributed by atoms with van der Waals surface area (Å²) < 4.78 is 0. The molecule has 0 aromatic carbocycles. The SMILES string of the molecule is CC1CN(C)CCC1N1C(=O)C=CC1=O. The molecule has 0 radical (unpaired) electrons. The molecular weight excluding hydrogens is 192 g/mol. The van der Waals surface area contributed by atoms with Crippen molar-refractivity contribution in [1.82, 2.24) is 9.80 Å². The molecule has 2 aliphatic heterocycles. The van der Waals surface area contributed by atoms with Crippen LogP contribution in [-0.2, 0) is 9.59 Å². The first-order valence-corrected chi connectivity index (χ1v) is 5.33. The van der Waals surface area contributed by atoms with E-state index in [-0.39, 0.29) is 17.9 Å². The molecule has 4 heteroatoms. The van der Waals surface area contributed by atoms with Crippen LogP contribution in [0.15, 0.2) is 12.2 Å². The van der Waals surface area contributed by atoms with E-state index in [1.807, 2.05) is 0 Å². The first kappa shape index (κ1) is 10.4. The quantitative estimate of drug-likeness (QED) is 0.580. The molecule has 4 nitrogen and oxygen atoms in total. The third-order valence-electron chi connectivity index (χ3n) is 3.24. The fourth-order valence-electron chi connectivity index (χ4n) is 2.46. The molecule has 15 heavy (non-hydrogen) atoms. The number of nitrogens with zero attached hydrogens (tertiary/aromatic N) is 2. The van der Waals surface area contributed by atoms with Crippen molar-refractivity contribution in [3.8, 4) is 0 Å². The van der Waals surface area contributed by atoms with Crippen molar-refractivity contribution in [2.45, 2.75) is 19.4 Å². The molecule has 0 spiro atoms. The third kappa shape index (κ3) is 1.81. The molecule has 2 unspecified atom stereocenters. The molecule has 0 aliphatic carbocycles. The highest BCUT2D eigenvalue weighted by Gasteiger charge is 2.36. The molecule has 0 aromatic heterocycles. The number of carbonyl (C=O) groups is 2. The molecule has 2 heterocycles. The second kappa shape index (κ2) is 3.77. The Morgan fingerprint density at radius 3 is 2.40 bits per heavy atom. The Morgan fingerprint density at radius 2 is 1.87 bits per heavy atom. The normalized spacial score (nSPS) is 32.8. The zero-order chi connectivity index (χ0) is 11.0. The minimum absolute atomic E-state index is 0.0798. The van der Waals surface area contributed by atoms with E-state index in [2.05, 4.69) is 18.9 Å². The van der Waals surface area contributed by atoms with Crippen LogP contribution < -0.4 is 0 Å². The lowest BCUT2D eigenvalue weighted by atomic mass is 9.93. The number of hydrogen-bond donors (Lipinski definition) is 0. The van der Waals surface area contributed by atoms with Crippen LogP contribution in [-0.4, -0.2) is 47.8 Å². The van der Waals surface area contributed by atoms with Gasteiger partial charge in [0.2, 0.25) is 0 Å². The molecule has 2 aliphatic rings. The summed E-state index contributed by atoms with van der Waals surface area (Å²) in [5, 5.41) is 0. The van der Waals surface area contributed by atoms with Gasteiger partial charge < -0.3 is 4.90 Å². The van der Waals surface area contributed by atoms with Gasteiger partial charge in [-0.15, -0.1) is 0 Å². The average molecular weight is 208 g/mol. The van der Waals surface area contributed by atoms with E-state index in [4.69, 9.17) is 0 Å². The predicted molar refractivity (Wildman–Crippen MR) is 56.1 cm³/mol. The van der Waals surface area contributed by atoms with E-state index in [1.165, 1.54) is 17.1 Å². The van der Waals surface area contributed by atoms with Crippen molar-refractivity contribution in [1.29, 1.82) is 0 Å². The van der Waals surface area contributed by atoms with E-state index in [0.29, 0.717) is 5.92 Å². The lowest BCUT2D eigenvalue weighted by molar-refractivity contribution is -0.141. The number of rotatable bonds is 1. The molecule has 2 amide bonds. The summed E-state index contributed by atoms with van der Waals surface area (Å²) >= 11 is 0. The Kier molecular flexibility index (Phi) is 2.61. The summed E-state index contributed by atoms with van der Waals surface area (Å²) in [5.74, 6) is 0.0550. The standard InChI is InChI=1S/C11H16N2O2/c1-8-7-12(2)6-5-9(8)13-10(14)3-4-11(13)15/h3-4,8-9H,5-7H2,1-2H3. The fraction of sp³-hybridized carbons (Fsp3) is 0.636. The molecule has 2 atom stereocenters. The van der Waals surface area contributed by atoms with Gasteiger partial charge in [-0.25, -0.2) is 0 Å². The van der Waals surface area contributed by atoms with Crippen LogP contribution in [0.4, 0.5) is 0 Å². The van der Waals surface area contributed by atoms with Gasteiger partial charge in [0.05, 0.1) is 0 Å². The van der Waals surface area contributed by atoms with Gasteiger partial charge >= 0.3 is 0 Å². The van der Waals surface area contributed by atoms with Crippen LogP contribution in [0, 0.1) is 5.92 Å². The number of piperidine rings is 1. The Balaban J connectivity index is 2.11. The van der Waals surface area contributed by atoms with Crippen molar-refractivity contribution in [3.05, 3.63) is 12.2 Å². The molecule has 0 N–H and O–H groups in total. The second-order valence-corrected chi connectivity index (χ2v) is 4.48. The predicted octanol–water partition coefficient (Wildman–Crippen LogP) is 0.252. The smallest absolute Gasteiger partial charge is 0.253 e. The topological polar surface area (TPSA) is 40.6 Å². The number of likely N-dealkylation sites (tertiary alicyclic amines) is 1. The Labute approximate surface area is 89.5 Å². The first-order valence-electron chi connectivity index (χ1n) is 5.33. The molecule has 1 fully saturated rings. The van der Waals surface area contributed by atoms with Gasteiger partial charge in [0.25, 0.3) is 11.8 Å². The monoisotopic (exact) mass is 208 g/mol.